The number of hydrogen-bond donors (Lipinski definition) is 1. The van der Waals surface area contributed by atoms with E-state index in [4.69, 9.17) is 4.52 Å². The summed E-state index contributed by atoms with van der Waals surface area (Å²) in [6.07, 6.45) is 1.61. The van der Waals surface area contributed by atoms with E-state index in [1.165, 1.54) is 0 Å². The van der Waals surface area contributed by atoms with Gasteiger partial charge in [0, 0.05) is 12.3 Å². The third-order valence-electron chi connectivity index (χ3n) is 2.11. The molecule has 0 saturated heterocycles. The van der Waals surface area contributed by atoms with Crippen molar-refractivity contribution >= 4 is 21.8 Å². The van der Waals surface area contributed by atoms with E-state index >= 15 is 0 Å². The highest BCUT2D eigenvalue weighted by Crippen LogP contribution is 2.12. The molecule has 1 amide bonds. The molecule has 88 valence electrons. The highest BCUT2D eigenvalue weighted by Gasteiger charge is 2.10. The minimum absolute atomic E-state index is 0.203. The molecule has 0 fully saturated rings. The first-order valence-corrected chi connectivity index (χ1v) is 5.77. The van der Waals surface area contributed by atoms with Crippen LogP contribution in [0.2, 0.25) is 0 Å². The van der Waals surface area contributed by atoms with Gasteiger partial charge in [0.05, 0.1) is 12.1 Å². The van der Waals surface area contributed by atoms with Gasteiger partial charge < -0.3 is 9.84 Å². The van der Waals surface area contributed by atoms with Crippen molar-refractivity contribution in [3.63, 3.8) is 0 Å². The molecule has 0 aromatic carbocycles. The van der Waals surface area contributed by atoms with Crippen molar-refractivity contribution in [3.8, 4) is 0 Å². The summed E-state index contributed by atoms with van der Waals surface area (Å²) in [5, 5.41) is 6.52. The van der Waals surface area contributed by atoms with E-state index in [9.17, 15) is 4.79 Å². The van der Waals surface area contributed by atoms with Gasteiger partial charge in [-0.2, -0.15) is 0 Å². The van der Waals surface area contributed by atoms with Crippen molar-refractivity contribution in [2.75, 3.05) is 0 Å². The van der Waals surface area contributed by atoms with Gasteiger partial charge >= 0.3 is 0 Å². The summed E-state index contributed by atoms with van der Waals surface area (Å²) in [6.45, 7) is 2.13. The minimum atomic E-state index is -0.203. The zero-order valence-electron chi connectivity index (χ0n) is 9.11. The monoisotopic (exact) mass is 295 g/mol. The zero-order chi connectivity index (χ0) is 12.3. The Bertz CT molecular complexity index is 539. The topological polar surface area (TPSA) is 68.0 Å². The third kappa shape index (κ3) is 2.91. The molecule has 2 rings (SSSR count). The van der Waals surface area contributed by atoms with Gasteiger partial charge in [-0.25, -0.2) is 4.98 Å². The Morgan fingerprint density at radius 1 is 1.59 bits per heavy atom. The lowest BCUT2D eigenvalue weighted by molar-refractivity contribution is 0.0949. The van der Waals surface area contributed by atoms with Crippen LogP contribution in [-0.4, -0.2) is 16.0 Å². The number of rotatable bonds is 3. The zero-order valence-corrected chi connectivity index (χ0v) is 10.7. The van der Waals surface area contributed by atoms with Crippen LogP contribution in [0.25, 0.3) is 0 Å². The first kappa shape index (κ1) is 11.8. The van der Waals surface area contributed by atoms with E-state index in [1.807, 2.05) is 0 Å². The van der Waals surface area contributed by atoms with Crippen molar-refractivity contribution in [3.05, 3.63) is 46.0 Å². The number of nitrogens with one attached hydrogen (secondary N) is 1. The minimum Gasteiger partial charge on any atom is -0.361 e. The number of nitrogens with zero attached hydrogens (tertiary/aromatic N) is 2. The Balaban J connectivity index is 2.01. The molecule has 0 aliphatic heterocycles. The van der Waals surface area contributed by atoms with Crippen LogP contribution in [0.15, 0.2) is 33.5 Å². The number of pyridine rings is 1. The molecule has 1 N–H and O–H groups in total. The van der Waals surface area contributed by atoms with Crippen molar-refractivity contribution in [1.29, 1.82) is 0 Å². The largest absolute Gasteiger partial charge is 0.361 e. The number of amides is 1. The Kier molecular flexibility index (Phi) is 3.53. The first-order valence-electron chi connectivity index (χ1n) is 4.98. The fourth-order valence-electron chi connectivity index (χ4n) is 1.32. The summed E-state index contributed by atoms with van der Waals surface area (Å²) in [5.41, 5.74) is 1.18. The molecular formula is C11H10BrN3O2. The second kappa shape index (κ2) is 5.09. The molecule has 0 aliphatic rings. The van der Waals surface area contributed by atoms with E-state index in [2.05, 4.69) is 31.4 Å². The van der Waals surface area contributed by atoms with Gasteiger partial charge in [0.15, 0.2) is 0 Å². The van der Waals surface area contributed by atoms with Crippen LogP contribution in [-0.2, 0) is 6.54 Å². The highest BCUT2D eigenvalue weighted by atomic mass is 79.9. The number of aryl methyl sites for hydroxylation is 1. The van der Waals surface area contributed by atoms with E-state index in [-0.39, 0.29) is 5.91 Å². The maximum atomic E-state index is 11.8. The molecule has 0 unspecified atom stereocenters. The standard InChI is InChI=1S/C11H10BrN3O2/c1-7-5-8(15-17-7)6-14-11(16)9-3-2-4-13-10(9)12/h2-5H,6H2,1H3,(H,14,16). The van der Waals surface area contributed by atoms with E-state index < -0.39 is 0 Å². The average molecular weight is 296 g/mol. The van der Waals surface area contributed by atoms with Crippen LogP contribution in [0.5, 0.6) is 0 Å². The van der Waals surface area contributed by atoms with E-state index in [0.717, 1.165) is 5.76 Å². The Morgan fingerprint density at radius 3 is 3.06 bits per heavy atom. The summed E-state index contributed by atoms with van der Waals surface area (Å²) in [7, 11) is 0. The van der Waals surface area contributed by atoms with E-state index in [1.54, 1.807) is 31.3 Å². The Hall–Kier alpha value is -1.69. The molecule has 2 aromatic heterocycles. The van der Waals surface area contributed by atoms with Gasteiger partial charge in [0.25, 0.3) is 5.91 Å². The van der Waals surface area contributed by atoms with Crippen molar-refractivity contribution in [1.82, 2.24) is 15.5 Å². The van der Waals surface area contributed by atoms with Gasteiger partial charge in [-0.15, -0.1) is 0 Å². The predicted molar refractivity (Wildman–Crippen MR) is 64.3 cm³/mol. The van der Waals surface area contributed by atoms with Gasteiger partial charge in [0.1, 0.15) is 16.1 Å². The second-order valence-electron chi connectivity index (χ2n) is 3.45. The van der Waals surface area contributed by atoms with E-state index in [0.29, 0.717) is 22.4 Å². The van der Waals surface area contributed by atoms with Crippen LogP contribution in [0, 0.1) is 6.92 Å². The molecule has 0 radical (unpaired) electrons. The average Bonchev–Trinajstić information content (AvgIpc) is 2.73. The molecule has 2 aromatic rings. The fraction of sp³-hybridized carbons (Fsp3) is 0.182. The quantitative estimate of drug-likeness (QED) is 0.880. The molecule has 0 spiro atoms. The van der Waals surface area contributed by atoms with Crippen LogP contribution in [0.1, 0.15) is 21.8 Å². The van der Waals surface area contributed by atoms with Crippen molar-refractivity contribution in [2.45, 2.75) is 13.5 Å². The van der Waals surface area contributed by atoms with Crippen LogP contribution in [0.4, 0.5) is 0 Å². The second-order valence-corrected chi connectivity index (χ2v) is 4.20. The molecule has 0 bridgehead atoms. The Morgan fingerprint density at radius 2 is 2.41 bits per heavy atom. The molecule has 0 atom stereocenters. The summed E-state index contributed by atoms with van der Waals surface area (Å²) in [6, 6.07) is 5.18. The number of halogens is 1. The van der Waals surface area contributed by atoms with Gasteiger partial charge in [0.2, 0.25) is 0 Å². The molecule has 6 heteroatoms. The first-order chi connectivity index (χ1) is 8.16. The third-order valence-corrected chi connectivity index (χ3v) is 2.74. The van der Waals surface area contributed by atoms with Gasteiger partial charge in [-0.3, -0.25) is 4.79 Å². The number of carbonyl (C=O) groups is 1. The molecule has 0 saturated carbocycles. The smallest absolute Gasteiger partial charge is 0.254 e. The lowest BCUT2D eigenvalue weighted by Crippen LogP contribution is -2.23. The lowest BCUT2D eigenvalue weighted by Gasteiger charge is -2.03. The lowest BCUT2D eigenvalue weighted by atomic mass is 10.2. The Labute approximate surface area is 106 Å². The van der Waals surface area contributed by atoms with Crippen molar-refractivity contribution in [2.24, 2.45) is 0 Å². The molecule has 2 heterocycles. The number of hydrogen-bond acceptors (Lipinski definition) is 4. The van der Waals surface area contributed by atoms with Gasteiger partial charge in [-0.1, -0.05) is 5.16 Å². The summed E-state index contributed by atoms with van der Waals surface area (Å²) in [5.74, 6) is 0.516. The van der Waals surface area contributed by atoms with Crippen LogP contribution >= 0.6 is 15.9 Å². The molecule has 17 heavy (non-hydrogen) atoms. The molecule has 5 nitrogen and oxygen atoms in total. The number of aromatic nitrogens is 2. The van der Waals surface area contributed by atoms with Crippen LogP contribution in [0.3, 0.4) is 0 Å². The molecular weight excluding hydrogens is 286 g/mol. The maximum absolute atomic E-state index is 11.8. The van der Waals surface area contributed by atoms with Gasteiger partial charge in [-0.05, 0) is 35.0 Å². The summed E-state index contributed by atoms with van der Waals surface area (Å²) < 4.78 is 5.43. The normalized spacial score (nSPS) is 10.2. The summed E-state index contributed by atoms with van der Waals surface area (Å²) in [4.78, 5) is 15.8. The predicted octanol–water partition coefficient (Wildman–Crippen LogP) is 2.07. The SMILES string of the molecule is Cc1cc(CNC(=O)c2cccnc2Br)no1. The molecule has 0 aliphatic carbocycles. The highest BCUT2D eigenvalue weighted by molar-refractivity contribution is 9.10. The number of carbonyl (C=O) groups excluding carboxylic acids is 1. The van der Waals surface area contributed by atoms with Crippen LogP contribution < -0.4 is 5.32 Å². The summed E-state index contributed by atoms with van der Waals surface area (Å²) >= 11 is 3.22. The fourth-order valence-corrected chi connectivity index (χ4v) is 1.75. The van der Waals surface area contributed by atoms with Crippen molar-refractivity contribution < 1.29 is 9.32 Å². The maximum Gasteiger partial charge on any atom is 0.254 e.